The van der Waals surface area contributed by atoms with E-state index in [1.807, 2.05) is 30.3 Å². The van der Waals surface area contributed by atoms with Crippen LogP contribution in [0.4, 0.5) is 5.69 Å². The Labute approximate surface area is 148 Å². The fraction of sp³-hybridized carbons (Fsp3) is 0.286. The highest BCUT2D eigenvalue weighted by molar-refractivity contribution is 6.02. The lowest BCUT2D eigenvalue weighted by atomic mass is 10.1. The van der Waals surface area contributed by atoms with Crippen LogP contribution in [-0.2, 0) is 11.3 Å². The Morgan fingerprint density at radius 2 is 1.92 bits per heavy atom. The average molecular weight is 333 g/mol. The molecule has 0 bridgehead atoms. The summed E-state index contributed by atoms with van der Waals surface area (Å²) in [5.41, 5.74) is 2.23. The van der Waals surface area contributed by atoms with E-state index in [-0.39, 0.29) is 5.91 Å². The number of rotatable bonds is 4. The Balaban J connectivity index is 1.40. The van der Waals surface area contributed by atoms with E-state index in [2.05, 4.69) is 52.2 Å². The fourth-order valence-electron chi connectivity index (χ4n) is 3.72. The SMILES string of the molecule is C[C@H]1c2cccn2CCN1CCC(=O)Nc1cccc2ccccc12. The first kappa shape index (κ1) is 15.9. The summed E-state index contributed by atoms with van der Waals surface area (Å²) in [5, 5.41) is 5.31. The van der Waals surface area contributed by atoms with Gasteiger partial charge in [0.1, 0.15) is 0 Å². The average Bonchev–Trinajstić information content (AvgIpc) is 3.11. The molecule has 0 spiro atoms. The van der Waals surface area contributed by atoms with Crippen LogP contribution in [0.1, 0.15) is 25.1 Å². The van der Waals surface area contributed by atoms with Crippen molar-refractivity contribution in [3.63, 3.8) is 0 Å². The zero-order chi connectivity index (χ0) is 17.2. The predicted octanol–water partition coefficient (Wildman–Crippen LogP) is 4.05. The van der Waals surface area contributed by atoms with Crippen molar-refractivity contribution in [2.75, 3.05) is 18.4 Å². The third-order valence-corrected chi connectivity index (χ3v) is 5.16. The first-order valence-electron chi connectivity index (χ1n) is 8.89. The molecule has 2 heterocycles. The molecule has 1 aliphatic rings. The number of carbonyl (C=O) groups excluding carboxylic acids is 1. The molecule has 4 nitrogen and oxygen atoms in total. The summed E-state index contributed by atoms with van der Waals surface area (Å²) in [6, 6.07) is 18.8. The molecule has 0 radical (unpaired) electrons. The molecule has 2 aromatic carbocycles. The van der Waals surface area contributed by atoms with Gasteiger partial charge in [0.15, 0.2) is 0 Å². The maximum atomic E-state index is 12.5. The van der Waals surface area contributed by atoms with Crippen LogP contribution >= 0.6 is 0 Å². The third kappa shape index (κ3) is 3.17. The number of carbonyl (C=O) groups is 1. The molecule has 4 rings (SSSR count). The highest BCUT2D eigenvalue weighted by Crippen LogP contribution is 2.26. The number of nitrogens with one attached hydrogen (secondary N) is 1. The largest absolute Gasteiger partial charge is 0.349 e. The van der Waals surface area contributed by atoms with Gasteiger partial charge >= 0.3 is 0 Å². The van der Waals surface area contributed by atoms with Crippen molar-refractivity contribution in [1.82, 2.24) is 9.47 Å². The van der Waals surface area contributed by atoms with E-state index in [1.165, 1.54) is 5.69 Å². The minimum atomic E-state index is 0.0736. The van der Waals surface area contributed by atoms with Gasteiger partial charge in [-0.05, 0) is 30.5 Å². The van der Waals surface area contributed by atoms with E-state index in [9.17, 15) is 4.79 Å². The van der Waals surface area contributed by atoms with E-state index in [4.69, 9.17) is 0 Å². The molecular weight excluding hydrogens is 310 g/mol. The quantitative estimate of drug-likeness (QED) is 0.782. The van der Waals surface area contributed by atoms with E-state index >= 15 is 0 Å². The molecular formula is C21H23N3O. The van der Waals surface area contributed by atoms with Crippen LogP contribution in [0.5, 0.6) is 0 Å². The van der Waals surface area contributed by atoms with E-state index in [1.54, 1.807) is 0 Å². The van der Waals surface area contributed by atoms with Gasteiger partial charge in [0.2, 0.25) is 5.91 Å². The Morgan fingerprint density at radius 3 is 2.84 bits per heavy atom. The Bertz CT molecular complexity index is 894. The molecule has 25 heavy (non-hydrogen) atoms. The van der Waals surface area contributed by atoms with Gasteiger partial charge in [-0.2, -0.15) is 0 Å². The van der Waals surface area contributed by atoms with Crippen molar-refractivity contribution >= 4 is 22.4 Å². The Kier molecular flexibility index (Phi) is 4.28. The van der Waals surface area contributed by atoms with E-state index in [0.717, 1.165) is 36.1 Å². The number of nitrogens with zero attached hydrogens (tertiary/aromatic N) is 2. The highest BCUT2D eigenvalue weighted by Gasteiger charge is 2.23. The summed E-state index contributed by atoms with van der Waals surface area (Å²) in [6.07, 6.45) is 2.64. The summed E-state index contributed by atoms with van der Waals surface area (Å²) in [4.78, 5) is 14.8. The van der Waals surface area contributed by atoms with Gasteiger partial charge in [0, 0.05) is 55.1 Å². The smallest absolute Gasteiger partial charge is 0.225 e. The van der Waals surface area contributed by atoms with Gasteiger partial charge in [0.25, 0.3) is 0 Å². The van der Waals surface area contributed by atoms with Crippen LogP contribution in [0.25, 0.3) is 10.8 Å². The minimum Gasteiger partial charge on any atom is -0.349 e. The lowest BCUT2D eigenvalue weighted by molar-refractivity contribution is -0.116. The van der Waals surface area contributed by atoms with Crippen LogP contribution in [0.2, 0.25) is 0 Å². The van der Waals surface area contributed by atoms with Gasteiger partial charge in [-0.15, -0.1) is 0 Å². The molecule has 0 aliphatic carbocycles. The molecule has 1 aliphatic heterocycles. The molecule has 1 N–H and O–H groups in total. The van der Waals surface area contributed by atoms with E-state index in [0.29, 0.717) is 12.5 Å². The summed E-state index contributed by atoms with van der Waals surface area (Å²) in [7, 11) is 0. The predicted molar refractivity (Wildman–Crippen MR) is 102 cm³/mol. The fourth-order valence-corrected chi connectivity index (χ4v) is 3.72. The van der Waals surface area contributed by atoms with Crippen LogP contribution in [0.3, 0.4) is 0 Å². The second kappa shape index (κ2) is 6.73. The summed E-state index contributed by atoms with van der Waals surface area (Å²) in [5.74, 6) is 0.0736. The van der Waals surface area contributed by atoms with Crippen molar-refractivity contribution in [2.24, 2.45) is 0 Å². The van der Waals surface area contributed by atoms with Gasteiger partial charge in [-0.1, -0.05) is 36.4 Å². The summed E-state index contributed by atoms with van der Waals surface area (Å²) in [6.45, 7) is 4.98. The molecule has 128 valence electrons. The number of anilines is 1. The van der Waals surface area contributed by atoms with Gasteiger partial charge in [-0.3, -0.25) is 9.69 Å². The van der Waals surface area contributed by atoms with Crippen LogP contribution < -0.4 is 5.32 Å². The first-order valence-corrected chi connectivity index (χ1v) is 8.89. The molecule has 0 unspecified atom stereocenters. The van der Waals surface area contributed by atoms with Crippen LogP contribution in [0.15, 0.2) is 60.8 Å². The maximum Gasteiger partial charge on any atom is 0.225 e. The number of amides is 1. The van der Waals surface area contributed by atoms with E-state index < -0.39 is 0 Å². The lowest BCUT2D eigenvalue weighted by Gasteiger charge is -2.34. The molecule has 0 saturated carbocycles. The first-order chi connectivity index (χ1) is 12.2. The molecule has 1 amide bonds. The Morgan fingerprint density at radius 1 is 1.08 bits per heavy atom. The molecule has 4 heteroatoms. The lowest BCUT2D eigenvalue weighted by Crippen LogP contribution is -2.38. The van der Waals surface area contributed by atoms with Crippen LogP contribution in [0, 0.1) is 0 Å². The highest BCUT2D eigenvalue weighted by atomic mass is 16.1. The zero-order valence-electron chi connectivity index (χ0n) is 14.5. The number of hydrogen-bond acceptors (Lipinski definition) is 2. The minimum absolute atomic E-state index is 0.0736. The van der Waals surface area contributed by atoms with Crippen molar-refractivity contribution in [3.05, 3.63) is 66.5 Å². The number of hydrogen-bond donors (Lipinski definition) is 1. The standard InChI is InChI=1S/C21H23N3O/c1-16-20-10-5-12-24(20)15-14-23(16)13-11-21(25)22-19-9-4-7-17-6-2-3-8-18(17)19/h2-10,12,16H,11,13-15H2,1H3,(H,22,25)/t16-/m0/s1. The van der Waals surface area contributed by atoms with Crippen LogP contribution in [-0.4, -0.2) is 28.5 Å². The van der Waals surface area contributed by atoms with Crippen molar-refractivity contribution in [2.45, 2.75) is 25.9 Å². The zero-order valence-corrected chi connectivity index (χ0v) is 14.5. The third-order valence-electron chi connectivity index (χ3n) is 5.16. The number of aromatic nitrogens is 1. The Hall–Kier alpha value is -2.59. The van der Waals surface area contributed by atoms with Crippen molar-refractivity contribution in [1.29, 1.82) is 0 Å². The topological polar surface area (TPSA) is 37.3 Å². The molecule has 0 saturated heterocycles. The second-order valence-electron chi connectivity index (χ2n) is 6.66. The molecule has 3 aromatic rings. The summed E-state index contributed by atoms with van der Waals surface area (Å²) < 4.78 is 2.30. The van der Waals surface area contributed by atoms with Gasteiger partial charge in [-0.25, -0.2) is 0 Å². The van der Waals surface area contributed by atoms with Crippen molar-refractivity contribution in [3.8, 4) is 0 Å². The summed E-state index contributed by atoms with van der Waals surface area (Å²) >= 11 is 0. The maximum absolute atomic E-state index is 12.5. The van der Waals surface area contributed by atoms with Gasteiger partial charge in [0.05, 0.1) is 0 Å². The second-order valence-corrected chi connectivity index (χ2v) is 6.66. The van der Waals surface area contributed by atoms with Crippen molar-refractivity contribution < 1.29 is 4.79 Å². The number of benzene rings is 2. The molecule has 1 atom stereocenters. The number of fused-ring (bicyclic) bond motifs is 2. The monoisotopic (exact) mass is 333 g/mol. The van der Waals surface area contributed by atoms with Gasteiger partial charge < -0.3 is 9.88 Å². The molecule has 1 aromatic heterocycles. The molecule has 0 fully saturated rings. The normalized spacial score (nSPS) is 17.4.